The van der Waals surface area contributed by atoms with Crippen LogP contribution in [0.1, 0.15) is 139 Å². The molecular formula is C88H110F8N26O6. The lowest BCUT2D eigenvalue weighted by Gasteiger charge is -2.41. The van der Waals surface area contributed by atoms with Crippen molar-refractivity contribution in [2.24, 2.45) is 21.1 Å². The monoisotopic (exact) mass is 1780 g/mol. The molecule has 0 bridgehead atoms. The summed E-state index contributed by atoms with van der Waals surface area (Å²) >= 11 is 0. The van der Waals surface area contributed by atoms with Crippen LogP contribution in [0.4, 0.5) is 95.4 Å². The summed E-state index contributed by atoms with van der Waals surface area (Å²) in [6.45, 7) is 14.7. The largest absolute Gasteiger partial charge is 0.417 e. The fraction of sp³-hybridized carbons (Fsp3) is 0.534. The van der Waals surface area contributed by atoms with Crippen LogP contribution in [0, 0.1) is 0 Å². The van der Waals surface area contributed by atoms with Gasteiger partial charge in [0.1, 0.15) is 0 Å². The number of aryl methyl sites for hydroxylation is 4. The van der Waals surface area contributed by atoms with E-state index in [2.05, 4.69) is 50.4 Å². The number of alkyl halides is 8. The maximum absolute atomic E-state index is 14.6. The second kappa shape index (κ2) is 35.6. The molecule has 0 aliphatic carbocycles. The molecule has 4 fully saturated rings. The normalized spacial score (nSPS) is 18.4. The number of likely N-dealkylation sites (tertiary alicyclic amines) is 3. The minimum atomic E-state index is -4.60. The van der Waals surface area contributed by atoms with Crippen LogP contribution in [0.3, 0.4) is 0 Å². The van der Waals surface area contributed by atoms with E-state index >= 15 is 0 Å². The first kappa shape index (κ1) is 88.1. The van der Waals surface area contributed by atoms with E-state index in [4.69, 9.17) is 20.0 Å². The first-order valence-corrected chi connectivity index (χ1v) is 44.0. The van der Waals surface area contributed by atoms with Crippen LogP contribution in [0.25, 0.3) is 33.4 Å². The summed E-state index contributed by atoms with van der Waals surface area (Å²) in [6.07, 6.45) is 6.11. The molecule has 3 aromatic carbocycles. The number of carbonyl (C=O) groups excluding carboxylic acids is 5. The number of carbonyl (C=O) groups is 5. The lowest BCUT2D eigenvalue weighted by Crippen LogP contribution is -2.52. The molecule has 9 aromatic rings. The van der Waals surface area contributed by atoms with Crippen molar-refractivity contribution in [3.8, 4) is 33.4 Å². The molecule has 0 radical (unpaired) electrons. The molecule has 19 rings (SSSR count). The van der Waals surface area contributed by atoms with Gasteiger partial charge in [-0.15, -0.1) is 0 Å². The fourth-order valence-corrected chi connectivity index (χ4v) is 20.2. The van der Waals surface area contributed by atoms with Crippen molar-refractivity contribution in [1.82, 2.24) is 104 Å². The van der Waals surface area contributed by atoms with Crippen LogP contribution >= 0.6 is 0 Å². The molecule has 3 N–H and O–H groups in total. The molecule has 0 atom stereocenters. The van der Waals surface area contributed by atoms with Crippen molar-refractivity contribution in [3.05, 3.63) is 130 Å². The van der Waals surface area contributed by atoms with Crippen LogP contribution in [-0.2, 0) is 93.1 Å². The van der Waals surface area contributed by atoms with E-state index in [1.807, 2.05) is 54.2 Å². The van der Waals surface area contributed by atoms with Gasteiger partial charge in [0.05, 0.1) is 109 Å². The topological polar surface area (TPSA) is 273 Å². The van der Waals surface area contributed by atoms with E-state index in [1.54, 1.807) is 119 Å². The number of likely N-dealkylation sites (N-methyl/N-ethyl adjacent to an activating group) is 2. The summed E-state index contributed by atoms with van der Waals surface area (Å²) in [6, 6.07) is 9.54. The highest BCUT2D eigenvalue weighted by atomic mass is 19.4. The maximum atomic E-state index is 14.6. The number of hydrogen-bond donors (Lipinski definition) is 3. The molecule has 32 nitrogen and oxygen atoms in total. The van der Waals surface area contributed by atoms with E-state index in [-0.39, 0.29) is 64.7 Å². The van der Waals surface area contributed by atoms with Gasteiger partial charge < -0.3 is 69.7 Å². The highest BCUT2D eigenvalue weighted by Gasteiger charge is 2.45. The zero-order valence-electron chi connectivity index (χ0n) is 73.8. The van der Waals surface area contributed by atoms with Gasteiger partial charge in [0.15, 0.2) is 17.5 Å². The molecule has 0 spiro atoms. The van der Waals surface area contributed by atoms with Crippen LogP contribution in [0.15, 0.2) is 73.6 Å². The van der Waals surface area contributed by atoms with Crippen molar-refractivity contribution >= 4 is 75.8 Å². The number of urea groups is 3. The summed E-state index contributed by atoms with van der Waals surface area (Å²) in [7, 11) is 13.7. The Morgan fingerprint density at radius 2 is 0.781 bits per heavy atom. The molecule has 16 heterocycles. The van der Waals surface area contributed by atoms with Crippen molar-refractivity contribution in [2.75, 3.05) is 165 Å². The molecule has 10 aliphatic rings. The number of amides is 8. The molecule has 0 unspecified atom stereocenters. The molecule has 10 aliphatic heterocycles. The molecule has 0 saturated carbocycles. The number of aromatic nitrogens is 12. The summed E-state index contributed by atoms with van der Waals surface area (Å²) < 4.78 is 133. The first-order chi connectivity index (χ1) is 61.3. The summed E-state index contributed by atoms with van der Waals surface area (Å²) in [5.41, 5.74) is 10.6. The number of rotatable bonds is 11. The minimum Gasteiger partial charge on any atom is -0.378 e. The van der Waals surface area contributed by atoms with E-state index in [0.717, 1.165) is 129 Å². The van der Waals surface area contributed by atoms with Crippen LogP contribution in [0.2, 0.25) is 0 Å². The zero-order valence-corrected chi connectivity index (χ0v) is 73.8. The number of halogens is 8. The molecular weight excluding hydrogens is 1670 g/mol. The molecule has 40 heteroatoms. The van der Waals surface area contributed by atoms with Gasteiger partial charge in [0.2, 0.25) is 11.8 Å². The second-order valence-corrected chi connectivity index (χ2v) is 34.9. The molecule has 128 heavy (non-hydrogen) atoms. The van der Waals surface area contributed by atoms with Gasteiger partial charge in [-0.2, -0.15) is 56.9 Å². The average Bonchev–Trinajstić information content (AvgIpc) is 1.53. The summed E-state index contributed by atoms with van der Waals surface area (Å²) in [5, 5.41) is 36.0. The first-order valence-electron chi connectivity index (χ1n) is 44.0. The number of hydrogen-bond acceptors (Lipinski definition) is 18. The Morgan fingerprint density at radius 1 is 0.414 bits per heavy atom. The molecule has 8 amide bonds. The highest BCUT2D eigenvalue weighted by Crippen LogP contribution is 2.52. The lowest BCUT2D eigenvalue weighted by atomic mass is 9.92. The summed E-state index contributed by atoms with van der Waals surface area (Å²) in [4.78, 5) is 83.1. The average molecular weight is 1780 g/mol. The fourth-order valence-electron chi connectivity index (χ4n) is 20.2. The Morgan fingerprint density at radius 3 is 1.11 bits per heavy atom. The molecule has 684 valence electrons. The highest BCUT2D eigenvalue weighted by molar-refractivity contribution is 5.89. The third-order valence-electron chi connectivity index (χ3n) is 27.2. The SMILES string of the molecule is CNC(=O)N1CCc2c(c(N3CCCc4cc(-c5cnn(C)c5)c(C(F)F)cc43)nn2C2CCN(C(C)=O)CC2)C1.CNC(=O)N1CCc2c(c(N3CCN(C)c4cc(-c5cnn(C)c5)c(C(F)(F)F)cc43)nn2C2CCN(C(C)=O)CC2)C1.CNC(=O)N1CCc2c(c(N3CCN(C)c4cc(-c5cnn(C)c5)c(C(F)(F)F)cc43)nn2C2CCN(C3COC3)CC2)C1. The third kappa shape index (κ3) is 17.1. The van der Waals surface area contributed by atoms with Gasteiger partial charge in [-0.3, -0.25) is 42.6 Å². The standard InChI is InChI=1S/C30H38F3N9O2.C29H36F3N9O2.C29H36F2N8O2/c1-34-29(43)40-9-6-25-23(16-40)28(36-42(25)20-4-7-39(8-5-20)21-17-44-18-21)41-11-10-37(2)26-12-22(19-14-35-38(3)15-19)24(13-27(26)41)30(31,32)33;1-18(42)38-8-5-20(6-9-38)41-24-7-10-39(28(43)33-2)17-22(24)27(35-41)40-12-11-36(3)25-13-21(19-15-34-37(4)16-19)23(14-26(25)40)29(30,31)32;1-18(40)36-10-6-21(7-11-36)39-25-8-12-37(29(41)32-2)17-24(25)28(34-39)38-9-4-5-19-13-22(20-15-33-35(3)16-20)23(27(30)31)14-26(19)38/h12-15,20-21H,4-11,16-18H2,1-3H3,(H,34,43);13-16,20H,5-12,17H2,1-4H3,(H,33,43);13-16,21,27H,4-12,17H2,1-3H3,(H,32,41). The van der Waals surface area contributed by atoms with Crippen LogP contribution in [0.5, 0.6) is 0 Å². The third-order valence-corrected chi connectivity index (χ3v) is 27.2. The number of ether oxygens (including phenoxy) is 1. The van der Waals surface area contributed by atoms with Gasteiger partial charge in [-0.1, -0.05) is 0 Å². The number of piperidine rings is 3. The Balaban J connectivity index is 0.000000135. The Kier molecular flexibility index (Phi) is 24.5. The number of anilines is 8. The van der Waals surface area contributed by atoms with E-state index in [9.17, 15) is 59.1 Å². The van der Waals surface area contributed by atoms with Crippen LogP contribution < -0.4 is 40.4 Å². The predicted molar refractivity (Wildman–Crippen MR) is 465 cm³/mol. The zero-order chi connectivity index (χ0) is 90.2. The number of nitrogens with zero attached hydrogens (tertiary/aromatic N) is 23. The number of nitrogens with one attached hydrogen (secondary N) is 3. The quantitative estimate of drug-likeness (QED) is 0.102. The van der Waals surface area contributed by atoms with Gasteiger partial charge in [-0.25, -0.2) is 23.2 Å². The smallest absolute Gasteiger partial charge is 0.378 e. The Hall–Kier alpha value is -12.0. The predicted octanol–water partition coefficient (Wildman–Crippen LogP) is 11.6. The van der Waals surface area contributed by atoms with Crippen molar-refractivity contribution in [1.29, 1.82) is 0 Å². The van der Waals surface area contributed by atoms with E-state index in [1.165, 1.54) is 33.9 Å². The number of benzene rings is 3. The van der Waals surface area contributed by atoms with Crippen molar-refractivity contribution in [3.63, 3.8) is 0 Å². The minimum absolute atomic E-state index is 0.0273. The van der Waals surface area contributed by atoms with Gasteiger partial charge in [0, 0.05) is 261 Å². The van der Waals surface area contributed by atoms with Crippen LogP contribution in [-0.4, -0.2) is 264 Å². The van der Waals surface area contributed by atoms with Gasteiger partial charge in [0.25, 0.3) is 6.43 Å². The Bertz CT molecular complexity index is 5660. The van der Waals surface area contributed by atoms with Gasteiger partial charge in [-0.05, 0) is 110 Å². The van der Waals surface area contributed by atoms with E-state index in [0.29, 0.717) is 180 Å². The maximum Gasteiger partial charge on any atom is 0.417 e. The Labute approximate surface area is 736 Å². The van der Waals surface area contributed by atoms with Crippen molar-refractivity contribution < 1.29 is 63.8 Å². The van der Waals surface area contributed by atoms with Gasteiger partial charge >= 0.3 is 30.4 Å². The summed E-state index contributed by atoms with van der Waals surface area (Å²) in [5.74, 6) is 2.08. The lowest BCUT2D eigenvalue weighted by molar-refractivity contribution is -0.137. The van der Waals surface area contributed by atoms with E-state index < -0.39 is 29.9 Å². The second-order valence-electron chi connectivity index (χ2n) is 34.9. The number of fused-ring (bicyclic) bond motifs is 6. The van der Waals surface area contributed by atoms with Crippen molar-refractivity contribution in [2.45, 2.75) is 147 Å². The molecule has 4 saturated heterocycles. The molecule has 6 aromatic heterocycles.